The first-order valence-electron chi connectivity index (χ1n) is 8.36. The van der Waals surface area contributed by atoms with Crippen LogP contribution in [-0.2, 0) is 10.0 Å². The van der Waals surface area contributed by atoms with E-state index in [-0.39, 0.29) is 4.90 Å². The summed E-state index contributed by atoms with van der Waals surface area (Å²) in [6.45, 7) is 3.66. The molecule has 0 aliphatic carbocycles. The molecule has 25 heavy (non-hydrogen) atoms. The molecule has 0 amide bonds. The van der Waals surface area contributed by atoms with Crippen molar-refractivity contribution in [2.75, 3.05) is 13.1 Å². The van der Waals surface area contributed by atoms with E-state index in [2.05, 4.69) is 9.39 Å². The summed E-state index contributed by atoms with van der Waals surface area (Å²) >= 11 is 0. The van der Waals surface area contributed by atoms with Gasteiger partial charge in [-0.1, -0.05) is 30.3 Å². The van der Waals surface area contributed by atoms with E-state index in [1.54, 1.807) is 30.5 Å². The maximum atomic E-state index is 12.5. The average Bonchev–Trinajstić information content (AvgIpc) is 3.07. The molecule has 0 N–H and O–H groups in total. The number of rotatable bonds is 5. The molecule has 1 aliphatic heterocycles. The summed E-state index contributed by atoms with van der Waals surface area (Å²) in [5.41, 5.74) is 1.69. The molecule has 130 valence electrons. The van der Waals surface area contributed by atoms with Gasteiger partial charge in [0.2, 0.25) is 0 Å². The second kappa shape index (κ2) is 7.61. The van der Waals surface area contributed by atoms with Crippen molar-refractivity contribution in [1.29, 1.82) is 0 Å². The lowest BCUT2D eigenvalue weighted by Crippen LogP contribution is -2.25. The van der Waals surface area contributed by atoms with Crippen LogP contribution in [0.25, 0.3) is 0 Å². The van der Waals surface area contributed by atoms with Crippen molar-refractivity contribution in [1.82, 2.24) is 4.90 Å². The first kappa shape index (κ1) is 17.4. The smallest absolute Gasteiger partial charge is 0.283 e. The zero-order chi connectivity index (χ0) is 17.7. The second-order valence-electron chi connectivity index (χ2n) is 5.83. The molecule has 0 radical (unpaired) electrons. The van der Waals surface area contributed by atoms with Crippen LogP contribution in [0.15, 0.2) is 68.9 Å². The molecule has 3 rings (SSSR count). The summed E-state index contributed by atoms with van der Waals surface area (Å²) in [6.07, 6.45) is 3.42. The van der Waals surface area contributed by atoms with Crippen LogP contribution in [0.4, 0.5) is 5.69 Å². The number of hydrogen-bond donors (Lipinski definition) is 0. The van der Waals surface area contributed by atoms with E-state index in [1.165, 1.54) is 0 Å². The van der Waals surface area contributed by atoms with E-state index < -0.39 is 10.0 Å². The quantitative estimate of drug-likeness (QED) is 0.769. The number of nitrogens with zero attached hydrogens (tertiary/aromatic N) is 3. The molecule has 2 aromatic carbocycles. The van der Waals surface area contributed by atoms with Crippen LogP contribution >= 0.6 is 0 Å². The zero-order valence-corrected chi connectivity index (χ0v) is 15.0. The van der Waals surface area contributed by atoms with E-state index in [1.807, 2.05) is 42.2 Å². The Labute approximate surface area is 148 Å². The minimum absolute atomic E-state index is 0.196. The van der Waals surface area contributed by atoms with Crippen LogP contribution in [0, 0.1) is 0 Å². The maximum absolute atomic E-state index is 12.5. The van der Waals surface area contributed by atoms with Gasteiger partial charge in [0.1, 0.15) is 5.84 Å². The lowest BCUT2D eigenvalue weighted by atomic mass is 10.2. The molecule has 0 spiro atoms. The van der Waals surface area contributed by atoms with Gasteiger partial charge in [-0.05, 0) is 43.2 Å². The van der Waals surface area contributed by atoms with E-state index in [4.69, 9.17) is 0 Å². The minimum atomic E-state index is -3.68. The van der Waals surface area contributed by atoms with E-state index in [0.29, 0.717) is 17.9 Å². The highest BCUT2D eigenvalue weighted by molar-refractivity contribution is 7.90. The zero-order valence-electron chi connectivity index (χ0n) is 14.2. The fourth-order valence-electron chi connectivity index (χ4n) is 2.74. The van der Waals surface area contributed by atoms with Crippen molar-refractivity contribution in [2.45, 2.75) is 24.7 Å². The van der Waals surface area contributed by atoms with Crippen molar-refractivity contribution in [3.05, 3.63) is 60.2 Å². The topological polar surface area (TPSA) is 62.1 Å². The summed E-state index contributed by atoms with van der Waals surface area (Å²) in [6, 6.07) is 16.3. The number of sulfonamides is 1. The third-order valence-electron chi connectivity index (χ3n) is 4.10. The second-order valence-corrected chi connectivity index (χ2v) is 7.43. The molecule has 0 bridgehead atoms. The van der Waals surface area contributed by atoms with E-state index >= 15 is 0 Å². The molecule has 5 nitrogen and oxygen atoms in total. The molecule has 1 heterocycles. The third-order valence-corrected chi connectivity index (χ3v) is 5.42. The van der Waals surface area contributed by atoms with Crippen LogP contribution in [0.3, 0.4) is 0 Å². The Bertz CT molecular complexity index is 873. The van der Waals surface area contributed by atoms with Gasteiger partial charge in [0, 0.05) is 25.7 Å². The lowest BCUT2D eigenvalue weighted by molar-refractivity contribution is 0.479. The first-order valence-corrected chi connectivity index (χ1v) is 9.80. The van der Waals surface area contributed by atoms with Gasteiger partial charge < -0.3 is 4.90 Å². The predicted molar refractivity (Wildman–Crippen MR) is 101 cm³/mol. The van der Waals surface area contributed by atoms with Crippen LogP contribution in [0.2, 0.25) is 0 Å². The molecule has 2 aromatic rings. The Hall–Kier alpha value is -2.47. The van der Waals surface area contributed by atoms with Gasteiger partial charge in [-0.25, -0.2) is 0 Å². The van der Waals surface area contributed by atoms with E-state index in [0.717, 1.165) is 25.1 Å². The van der Waals surface area contributed by atoms with Crippen molar-refractivity contribution in [2.24, 2.45) is 9.39 Å². The van der Waals surface area contributed by atoms with Crippen molar-refractivity contribution >= 4 is 27.8 Å². The average molecular weight is 355 g/mol. The van der Waals surface area contributed by atoms with Gasteiger partial charge in [0.25, 0.3) is 10.0 Å². The van der Waals surface area contributed by atoms with Crippen LogP contribution in [-0.4, -0.2) is 38.5 Å². The molecule has 6 heteroatoms. The first-order chi connectivity index (χ1) is 12.1. The largest absolute Gasteiger partial charge is 0.360 e. The Morgan fingerprint density at radius 2 is 1.80 bits per heavy atom. The summed E-state index contributed by atoms with van der Waals surface area (Å²) in [5.74, 6) is 0.661. The van der Waals surface area contributed by atoms with Gasteiger partial charge in [0.05, 0.1) is 10.6 Å². The number of aliphatic imine (C=N–C) groups is 1. The monoisotopic (exact) mass is 355 g/mol. The molecule has 0 saturated carbocycles. The molecule has 1 saturated heterocycles. The van der Waals surface area contributed by atoms with Crippen LogP contribution < -0.4 is 0 Å². The maximum Gasteiger partial charge on any atom is 0.283 e. The Balaban J connectivity index is 1.77. The number of likely N-dealkylation sites (tertiary alicyclic amines) is 1. The number of hydrogen-bond acceptors (Lipinski definition) is 3. The molecule has 1 aliphatic rings. The molecule has 0 unspecified atom stereocenters. The van der Waals surface area contributed by atoms with Gasteiger partial charge in [-0.2, -0.15) is 8.42 Å². The minimum Gasteiger partial charge on any atom is -0.360 e. The molecular weight excluding hydrogens is 334 g/mol. The third kappa shape index (κ3) is 4.33. The van der Waals surface area contributed by atoms with Gasteiger partial charge in [-0.3, -0.25) is 4.99 Å². The molecule has 0 atom stereocenters. The lowest BCUT2D eigenvalue weighted by Gasteiger charge is -2.15. The van der Waals surface area contributed by atoms with Crippen LogP contribution in [0.5, 0.6) is 0 Å². The van der Waals surface area contributed by atoms with Gasteiger partial charge in [0.15, 0.2) is 0 Å². The predicted octanol–water partition coefficient (Wildman–Crippen LogP) is 3.64. The fraction of sp³-hybridized carbons (Fsp3) is 0.263. The normalized spacial score (nSPS) is 16.8. The van der Waals surface area contributed by atoms with Crippen LogP contribution in [0.1, 0.15) is 25.3 Å². The number of amidine groups is 1. The summed E-state index contributed by atoms with van der Waals surface area (Å²) in [7, 11) is -3.68. The fourth-order valence-corrected chi connectivity index (χ4v) is 3.81. The van der Waals surface area contributed by atoms with Crippen molar-refractivity contribution in [3.63, 3.8) is 0 Å². The molecule has 1 fully saturated rings. The Morgan fingerprint density at radius 1 is 1.08 bits per heavy atom. The number of benzene rings is 2. The van der Waals surface area contributed by atoms with Crippen molar-refractivity contribution < 1.29 is 8.42 Å². The van der Waals surface area contributed by atoms with Crippen molar-refractivity contribution in [3.8, 4) is 0 Å². The molecule has 0 aromatic heterocycles. The SMILES string of the molecule is CCN1CCC/C1=N/S(=O)(=O)c1ccc(N=Cc2ccccc2)cc1. The van der Waals surface area contributed by atoms with Gasteiger partial charge >= 0.3 is 0 Å². The highest BCUT2D eigenvalue weighted by Gasteiger charge is 2.21. The highest BCUT2D eigenvalue weighted by Crippen LogP contribution is 2.20. The summed E-state index contributed by atoms with van der Waals surface area (Å²) < 4.78 is 29.0. The highest BCUT2D eigenvalue weighted by atomic mass is 32.2. The molecular formula is C19H21N3O2S. The van der Waals surface area contributed by atoms with E-state index in [9.17, 15) is 8.42 Å². The summed E-state index contributed by atoms with van der Waals surface area (Å²) in [4.78, 5) is 6.57. The Kier molecular flexibility index (Phi) is 5.28. The standard InChI is InChI=1S/C19H21N3O2S/c1-2-22-14-6-9-19(22)21-25(23,24)18-12-10-17(11-13-18)20-15-16-7-4-3-5-8-16/h3-5,7-8,10-13,15H,2,6,9,14H2,1H3/b20-15?,21-19-. The Morgan fingerprint density at radius 3 is 2.48 bits per heavy atom. The van der Waals surface area contributed by atoms with Gasteiger partial charge in [-0.15, -0.1) is 4.40 Å². The summed E-state index contributed by atoms with van der Waals surface area (Å²) in [5, 5.41) is 0.